The van der Waals surface area contributed by atoms with Gasteiger partial charge in [-0.25, -0.2) is 4.98 Å². The van der Waals surface area contributed by atoms with Crippen LogP contribution in [0.3, 0.4) is 0 Å². The van der Waals surface area contributed by atoms with Crippen molar-refractivity contribution >= 4 is 21.9 Å². The number of hydrogen-bond acceptors (Lipinski definition) is 3. The molecule has 0 bridgehead atoms. The first-order valence-electron chi connectivity index (χ1n) is 8.19. The number of hydrogen-bond donors (Lipinski definition) is 0. The highest BCUT2D eigenvalue weighted by atomic mass is 16.5. The highest BCUT2D eigenvalue weighted by molar-refractivity contribution is 5.79. The van der Waals surface area contributed by atoms with Gasteiger partial charge < -0.3 is 9.30 Å². The lowest BCUT2D eigenvalue weighted by Crippen LogP contribution is -2.03. The van der Waals surface area contributed by atoms with Gasteiger partial charge in [0.05, 0.1) is 23.2 Å². The summed E-state index contributed by atoms with van der Waals surface area (Å²) in [4.78, 5) is 9.06. The molecular formula is C20H19N3O. The Balaban J connectivity index is 1.38. The number of ether oxygens (including phenoxy) is 1. The van der Waals surface area contributed by atoms with E-state index < -0.39 is 0 Å². The van der Waals surface area contributed by atoms with E-state index in [4.69, 9.17) is 9.72 Å². The van der Waals surface area contributed by atoms with E-state index >= 15 is 0 Å². The molecule has 0 saturated carbocycles. The molecule has 4 heteroatoms. The van der Waals surface area contributed by atoms with E-state index in [1.54, 1.807) is 6.20 Å². The number of imidazole rings is 1. The van der Waals surface area contributed by atoms with E-state index in [0.717, 1.165) is 40.8 Å². The molecule has 4 rings (SSSR count). The molecule has 0 amide bonds. The maximum absolute atomic E-state index is 5.87. The summed E-state index contributed by atoms with van der Waals surface area (Å²) in [5, 5.41) is 1.13. The Morgan fingerprint density at radius 1 is 1.00 bits per heavy atom. The van der Waals surface area contributed by atoms with Crippen LogP contribution in [0.25, 0.3) is 21.9 Å². The molecule has 0 N–H and O–H groups in total. The van der Waals surface area contributed by atoms with Gasteiger partial charge in [-0.2, -0.15) is 0 Å². The van der Waals surface area contributed by atoms with Crippen LogP contribution in [0.2, 0.25) is 0 Å². The van der Waals surface area contributed by atoms with Crippen molar-refractivity contribution in [3.8, 4) is 5.75 Å². The third kappa shape index (κ3) is 2.83. The Morgan fingerprint density at radius 2 is 1.92 bits per heavy atom. The van der Waals surface area contributed by atoms with E-state index in [1.165, 1.54) is 5.52 Å². The molecule has 4 nitrogen and oxygen atoms in total. The van der Waals surface area contributed by atoms with Gasteiger partial charge in [0.15, 0.2) is 0 Å². The van der Waals surface area contributed by atoms with E-state index in [2.05, 4.69) is 34.8 Å². The highest BCUT2D eigenvalue weighted by Gasteiger charge is 2.06. The molecule has 0 aliphatic carbocycles. The van der Waals surface area contributed by atoms with Gasteiger partial charge in [0, 0.05) is 31.1 Å². The van der Waals surface area contributed by atoms with Crippen molar-refractivity contribution in [3.63, 3.8) is 0 Å². The minimum absolute atomic E-state index is 0.668. The third-order valence-electron chi connectivity index (χ3n) is 4.27. The fourth-order valence-corrected chi connectivity index (χ4v) is 2.98. The summed E-state index contributed by atoms with van der Waals surface area (Å²) >= 11 is 0. The zero-order valence-electron chi connectivity index (χ0n) is 13.6. The van der Waals surface area contributed by atoms with Crippen molar-refractivity contribution in [2.24, 2.45) is 7.05 Å². The van der Waals surface area contributed by atoms with Gasteiger partial charge in [-0.15, -0.1) is 0 Å². The fraction of sp³-hybridized carbons (Fsp3) is 0.200. The summed E-state index contributed by atoms with van der Waals surface area (Å²) in [5.74, 6) is 1.96. The second-order valence-electron chi connectivity index (χ2n) is 5.89. The first-order chi connectivity index (χ1) is 11.8. The first-order valence-corrected chi connectivity index (χ1v) is 8.19. The lowest BCUT2D eigenvalue weighted by Gasteiger charge is -2.07. The molecular weight excluding hydrogens is 298 g/mol. The lowest BCUT2D eigenvalue weighted by molar-refractivity contribution is 0.310. The van der Waals surface area contributed by atoms with Crippen molar-refractivity contribution < 1.29 is 4.74 Å². The van der Waals surface area contributed by atoms with Gasteiger partial charge in [-0.05, 0) is 36.8 Å². The molecule has 0 radical (unpaired) electrons. The minimum atomic E-state index is 0.668. The van der Waals surface area contributed by atoms with Crippen LogP contribution in [-0.4, -0.2) is 21.1 Å². The maximum Gasteiger partial charge on any atom is 0.121 e. The lowest BCUT2D eigenvalue weighted by atomic mass is 10.2. The van der Waals surface area contributed by atoms with Gasteiger partial charge in [0.1, 0.15) is 11.6 Å². The molecule has 120 valence electrons. The minimum Gasteiger partial charge on any atom is -0.494 e. The maximum atomic E-state index is 5.87. The van der Waals surface area contributed by atoms with Crippen LogP contribution in [0.15, 0.2) is 60.8 Å². The zero-order chi connectivity index (χ0) is 16.4. The summed E-state index contributed by atoms with van der Waals surface area (Å²) in [6.07, 6.45) is 3.63. The van der Waals surface area contributed by atoms with Crippen LogP contribution in [0, 0.1) is 0 Å². The summed E-state index contributed by atoms with van der Waals surface area (Å²) in [5.41, 5.74) is 3.19. The second kappa shape index (κ2) is 6.32. The van der Waals surface area contributed by atoms with Gasteiger partial charge >= 0.3 is 0 Å². The Morgan fingerprint density at radius 3 is 2.83 bits per heavy atom. The quantitative estimate of drug-likeness (QED) is 0.520. The van der Waals surface area contributed by atoms with Crippen molar-refractivity contribution in [3.05, 3.63) is 66.6 Å². The number of rotatable bonds is 5. The molecule has 0 fully saturated rings. The van der Waals surface area contributed by atoms with Crippen LogP contribution < -0.4 is 4.74 Å². The van der Waals surface area contributed by atoms with Crippen LogP contribution in [0.4, 0.5) is 0 Å². The van der Waals surface area contributed by atoms with Crippen molar-refractivity contribution in [2.75, 3.05) is 6.61 Å². The Bertz CT molecular complexity index is 990. The Labute approximate surface area is 140 Å². The summed E-state index contributed by atoms with van der Waals surface area (Å²) in [6.45, 7) is 0.668. The average Bonchev–Trinajstić information content (AvgIpc) is 2.95. The second-order valence-corrected chi connectivity index (χ2v) is 5.89. The van der Waals surface area contributed by atoms with Gasteiger partial charge in [-0.1, -0.05) is 18.2 Å². The number of fused-ring (bicyclic) bond motifs is 2. The SMILES string of the molecule is Cn1c(CCCOc2ccc3cccnc3c2)nc2ccccc21. The van der Waals surface area contributed by atoms with Crippen molar-refractivity contribution in [1.82, 2.24) is 14.5 Å². The van der Waals surface area contributed by atoms with Crippen molar-refractivity contribution in [1.29, 1.82) is 0 Å². The van der Waals surface area contributed by atoms with Crippen LogP contribution >= 0.6 is 0 Å². The average molecular weight is 317 g/mol. The number of benzene rings is 2. The van der Waals surface area contributed by atoms with E-state index in [1.807, 2.05) is 36.4 Å². The Kier molecular flexibility index (Phi) is 3.87. The molecule has 2 aromatic carbocycles. The van der Waals surface area contributed by atoms with E-state index in [9.17, 15) is 0 Å². The fourth-order valence-electron chi connectivity index (χ4n) is 2.98. The zero-order valence-corrected chi connectivity index (χ0v) is 13.6. The highest BCUT2D eigenvalue weighted by Crippen LogP contribution is 2.19. The standard InChI is InChI=1S/C20H19N3O/c1-23-19-8-3-2-7-17(19)22-20(23)9-5-13-24-16-11-10-15-6-4-12-21-18(15)14-16/h2-4,6-8,10-12,14H,5,9,13H2,1H3. The third-order valence-corrected chi connectivity index (χ3v) is 4.27. The first kappa shape index (κ1) is 14.7. The van der Waals surface area contributed by atoms with Crippen molar-refractivity contribution in [2.45, 2.75) is 12.8 Å². The largest absolute Gasteiger partial charge is 0.494 e. The Hall–Kier alpha value is -2.88. The molecule has 0 spiro atoms. The number of para-hydroxylation sites is 2. The van der Waals surface area contributed by atoms with Gasteiger partial charge in [0.25, 0.3) is 0 Å². The van der Waals surface area contributed by atoms with E-state index in [0.29, 0.717) is 6.61 Å². The number of aromatic nitrogens is 3. The molecule has 0 aliphatic heterocycles. The number of aryl methyl sites for hydroxylation is 2. The topological polar surface area (TPSA) is 39.9 Å². The molecule has 0 aliphatic rings. The monoisotopic (exact) mass is 317 g/mol. The smallest absolute Gasteiger partial charge is 0.121 e. The molecule has 2 heterocycles. The summed E-state index contributed by atoms with van der Waals surface area (Å²) < 4.78 is 8.03. The molecule has 24 heavy (non-hydrogen) atoms. The molecule has 2 aromatic heterocycles. The number of pyridine rings is 1. The molecule has 4 aromatic rings. The predicted molar refractivity (Wildman–Crippen MR) is 96.3 cm³/mol. The van der Waals surface area contributed by atoms with Gasteiger partial charge in [0.2, 0.25) is 0 Å². The normalized spacial score (nSPS) is 11.2. The van der Waals surface area contributed by atoms with Crippen LogP contribution in [0.5, 0.6) is 5.75 Å². The molecule has 0 saturated heterocycles. The van der Waals surface area contributed by atoms with Crippen LogP contribution in [-0.2, 0) is 13.5 Å². The summed E-state index contributed by atoms with van der Waals surface area (Å²) in [6, 6.07) is 18.3. The van der Waals surface area contributed by atoms with Crippen LogP contribution in [0.1, 0.15) is 12.2 Å². The van der Waals surface area contributed by atoms with E-state index in [-0.39, 0.29) is 0 Å². The number of nitrogens with zero attached hydrogens (tertiary/aromatic N) is 3. The van der Waals surface area contributed by atoms with Gasteiger partial charge in [-0.3, -0.25) is 4.98 Å². The predicted octanol–water partition coefficient (Wildman–Crippen LogP) is 4.13. The summed E-state index contributed by atoms with van der Waals surface area (Å²) in [7, 11) is 2.07. The molecule has 0 unspecified atom stereocenters. The molecule has 0 atom stereocenters.